The molecule has 3 aromatic rings. The minimum Gasteiger partial charge on any atom is -0.310 e. The summed E-state index contributed by atoms with van der Waals surface area (Å²) >= 11 is 1.52. The minimum absolute atomic E-state index is 0.0754. The number of carbonyl (C=O) groups is 1. The maximum Gasteiger partial charge on any atom is 0.228 e. The molecule has 122 valence electrons. The number of hydrogen-bond acceptors (Lipinski definition) is 4. The minimum atomic E-state index is 0.0754. The molecule has 2 heterocycles. The van der Waals surface area contributed by atoms with Crippen LogP contribution < -0.4 is 5.32 Å². The number of carbonyl (C=O) groups excluding carboxylic acids is 1. The number of nitrogens with one attached hydrogen (secondary N) is 1. The van der Waals surface area contributed by atoms with Crippen LogP contribution in [0, 0.1) is 19.8 Å². The molecular weight excluding hydrogens is 320 g/mol. The standard InChI is InChI=1S/C18H18N4OS/c1-11-3-5-13(6-4-11)15-10-24-18(19-15)22-16(9-12(2)21-22)20-17(23)14-7-8-14/h3-6,9-10,14H,7-8H2,1-2H3,(H,20,23). The van der Waals surface area contributed by atoms with Gasteiger partial charge < -0.3 is 5.32 Å². The van der Waals surface area contributed by atoms with Gasteiger partial charge in [-0.05, 0) is 26.7 Å². The fourth-order valence-corrected chi connectivity index (χ4v) is 3.32. The van der Waals surface area contributed by atoms with Crippen LogP contribution in [-0.4, -0.2) is 20.7 Å². The number of nitrogens with zero attached hydrogens (tertiary/aromatic N) is 3. The second-order valence-corrected chi connectivity index (χ2v) is 7.06. The van der Waals surface area contributed by atoms with Gasteiger partial charge in [-0.1, -0.05) is 29.8 Å². The van der Waals surface area contributed by atoms with Crippen LogP contribution in [0.25, 0.3) is 16.4 Å². The summed E-state index contributed by atoms with van der Waals surface area (Å²) in [6.07, 6.45) is 1.96. The second kappa shape index (κ2) is 5.87. The molecule has 0 unspecified atom stereocenters. The summed E-state index contributed by atoms with van der Waals surface area (Å²) in [6.45, 7) is 3.98. The fraction of sp³-hybridized carbons (Fsp3) is 0.278. The molecule has 6 heteroatoms. The van der Waals surface area contributed by atoms with Crippen molar-refractivity contribution in [2.45, 2.75) is 26.7 Å². The molecule has 0 aliphatic heterocycles. The number of thiazole rings is 1. The van der Waals surface area contributed by atoms with Gasteiger partial charge in [-0.2, -0.15) is 9.78 Å². The first-order chi connectivity index (χ1) is 11.6. The molecule has 1 N–H and O–H groups in total. The number of anilines is 1. The van der Waals surface area contributed by atoms with E-state index in [0.717, 1.165) is 34.9 Å². The van der Waals surface area contributed by atoms with Crippen LogP contribution in [0.1, 0.15) is 24.1 Å². The predicted molar refractivity (Wildman–Crippen MR) is 95.5 cm³/mol. The van der Waals surface area contributed by atoms with E-state index in [9.17, 15) is 4.79 Å². The molecule has 1 aliphatic rings. The first-order valence-corrected chi connectivity index (χ1v) is 8.88. The highest BCUT2D eigenvalue weighted by atomic mass is 32.1. The van der Waals surface area contributed by atoms with Gasteiger partial charge >= 0.3 is 0 Å². The van der Waals surface area contributed by atoms with E-state index >= 15 is 0 Å². The van der Waals surface area contributed by atoms with Crippen LogP contribution in [0.2, 0.25) is 0 Å². The molecule has 1 fully saturated rings. The zero-order chi connectivity index (χ0) is 16.7. The topological polar surface area (TPSA) is 59.8 Å². The van der Waals surface area contributed by atoms with E-state index in [0.29, 0.717) is 5.82 Å². The van der Waals surface area contributed by atoms with Gasteiger partial charge in [0.05, 0.1) is 11.4 Å². The molecule has 1 aromatic carbocycles. The molecule has 0 spiro atoms. The van der Waals surface area contributed by atoms with Gasteiger partial charge in [0.2, 0.25) is 11.0 Å². The van der Waals surface area contributed by atoms with E-state index in [4.69, 9.17) is 0 Å². The Morgan fingerprint density at radius 3 is 2.71 bits per heavy atom. The van der Waals surface area contributed by atoms with E-state index in [1.165, 1.54) is 16.9 Å². The second-order valence-electron chi connectivity index (χ2n) is 6.23. The highest BCUT2D eigenvalue weighted by Gasteiger charge is 2.30. The van der Waals surface area contributed by atoms with E-state index in [1.807, 2.05) is 18.4 Å². The van der Waals surface area contributed by atoms with Crippen molar-refractivity contribution in [2.75, 3.05) is 5.32 Å². The smallest absolute Gasteiger partial charge is 0.228 e. The van der Waals surface area contributed by atoms with E-state index in [2.05, 4.69) is 46.6 Å². The van der Waals surface area contributed by atoms with Crippen LogP contribution in [-0.2, 0) is 4.79 Å². The predicted octanol–water partition coefficient (Wildman–Crippen LogP) is 3.96. The van der Waals surface area contributed by atoms with Crippen LogP contribution in [0.3, 0.4) is 0 Å². The van der Waals surface area contributed by atoms with E-state index in [1.54, 1.807) is 4.68 Å². The Bertz CT molecular complexity index is 890. The summed E-state index contributed by atoms with van der Waals surface area (Å²) in [5.41, 5.74) is 4.08. The Morgan fingerprint density at radius 2 is 2.00 bits per heavy atom. The van der Waals surface area contributed by atoms with Crippen LogP contribution >= 0.6 is 11.3 Å². The van der Waals surface area contributed by atoms with Gasteiger partial charge in [0, 0.05) is 22.9 Å². The van der Waals surface area contributed by atoms with Crippen molar-refractivity contribution in [2.24, 2.45) is 5.92 Å². The number of rotatable bonds is 4. The van der Waals surface area contributed by atoms with Crippen molar-refractivity contribution >= 4 is 23.1 Å². The van der Waals surface area contributed by atoms with Crippen molar-refractivity contribution < 1.29 is 4.79 Å². The number of benzene rings is 1. The molecule has 2 aromatic heterocycles. The van der Waals surface area contributed by atoms with Gasteiger partial charge in [-0.3, -0.25) is 4.79 Å². The molecule has 0 saturated heterocycles. The summed E-state index contributed by atoms with van der Waals surface area (Å²) in [7, 11) is 0. The number of hydrogen-bond donors (Lipinski definition) is 1. The number of aromatic nitrogens is 3. The first-order valence-electron chi connectivity index (χ1n) is 8.00. The average molecular weight is 338 g/mol. The van der Waals surface area contributed by atoms with Gasteiger partial charge in [-0.15, -0.1) is 11.3 Å². The molecule has 24 heavy (non-hydrogen) atoms. The third-order valence-electron chi connectivity index (χ3n) is 4.05. The van der Waals surface area contributed by atoms with Gasteiger partial charge in [0.1, 0.15) is 5.82 Å². The Morgan fingerprint density at radius 1 is 1.25 bits per heavy atom. The largest absolute Gasteiger partial charge is 0.310 e. The molecular formula is C18H18N4OS. The Hall–Kier alpha value is -2.47. The summed E-state index contributed by atoms with van der Waals surface area (Å²) < 4.78 is 1.72. The molecule has 1 amide bonds. The van der Waals surface area contributed by atoms with Crippen molar-refractivity contribution in [1.82, 2.24) is 14.8 Å². The highest BCUT2D eigenvalue weighted by molar-refractivity contribution is 7.12. The molecule has 1 saturated carbocycles. The van der Waals surface area contributed by atoms with E-state index in [-0.39, 0.29) is 11.8 Å². The third kappa shape index (κ3) is 2.97. The normalized spacial score (nSPS) is 13.9. The quantitative estimate of drug-likeness (QED) is 0.783. The SMILES string of the molecule is Cc1ccc(-c2csc(-n3nc(C)cc3NC(=O)C3CC3)n2)cc1. The van der Waals surface area contributed by atoms with Crippen LogP contribution in [0.5, 0.6) is 0 Å². The molecule has 0 atom stereocenters. The van der Waals surface area contributed by atoms with Crippen LogP contribution in [0.15, 0.2) is 35.7 Å². The summed E-state index contributed by atoms with van der Waals surface area (Å²) in [5.74, 6) is 0.925. The Kier molecular flexibility index (Phi) is 3.69. The van der Waals surface area contributed by atoms with Crippen LogP contribution in [0.4, 0.5) is 5.82 Å². The van der Waals surface area contributed by atoms with Crippen molar-refractivity contribution in [1.29, 1.82) is 0 Å². The zero-order valence-electron chi connectivity index (χ0n) is 13.6. The Balaban J connectivity index is 1.64. The lowest BCUT2D eigenvalue weighted by Crippen LogP contribution is -2.16. The fourth-order valence-electron chi connectivity index (χ4n) is 2.53. The third-order valence-corrected chi connectivity index (χ3v) is 4.87. The summed E-state index contributed by atoms with van der Waals surface area (Å²) in [6, 6.07) is 10.2. The van der Waals surface area contributed by atoms with Gasteiger partial charge in [0.15, 0.2) is 0 Å². The summed E-state index contributed by atoms with van der Waals surface area (Å²) in [4.78, 5) is 16.7. The number of amides is 1. The lowest BCUT2D eigenvalue weighted by molar-refractivity contribution is -0.117. The maximum atomic E-state index is 12.1. The summed E-state index contributed by atoms with van der Waals surface area (Å²) in [5, 5.41) is 10.2. The van der Waals surface area contributed by atoms with Crippen molar-refractivity contribution in [3.05, 3.63) is 47.0 Å². The molecule has 0 bridgehead atoms. The maximum absolute atomic E-state index is 12.1. The van der Waals surface area contributed by atoms with Gasteiger partial charge in [-0.25, -0.2) is 4.98 Å². The monoisotopic (exact) mass is 338 g/mol. The van der Waals surface area contributed by atoms with Gasteiger partial charge in [0.25, 0.3) is 0 Å². The lowest BCUT2D eigenvalue weighted by atomic mass is 10.1. The molecule has 4 rings (SSSR count). The zero-order valence-corrected chi connectivity index (χ0v) is 14.4. The van der Waals surface area contributed by atoms with Crippen molar-refractivity contribution in [3.8, 4) is 16.4 Å². The first kappa shape index (κ1) is 15.1. The Labute approximate surface area is 144 Å². The molecule has 5 nitrogen and oxygen atoms in total. The average Bonchev–Trinajstić information content (AvgIpc) is 3.20. The van der Waals surface area contributed by atoms with Crippen molar-refractivity contribution in [3.63, 3.8) is 0 Å². The molecule has 1 aliphatic carbocycles. The lowest BCUT2D eigenvalue weighted by Gasteiger charge is -2.05. The highest BCUT2D eigenvalue weighted by Crippen LogP contribution is 2.31. The number of aryl methyl sites for hydroxylation is 2. The molecule has 0 radical (unpaired) electrons. The van der Waals surface area contributed by atoms with E-state index < -0.39 is 0 Å².